The molecule has 0 amide bonds. The van der Waals surface area contributed by atoms with Gasteiger partial charge in [-0.1, -0.05) is 102 Å². The van der Waals surface area contributed by atoms with Gasteiger partial charge in [0.2, 0.25) is 0 Å². The summed E-state index contributed by atoms with van der Waals surface area (Å²) in [6.45, 7) is 21.1. The van der Waals surface area contributed by atoms with Gasteiger partial charge in [-0.25, -0.2) is 0 Å². The Kier molecular flexibility index (Phi) is 9.35. The average Bonchev–Trinajstić information content (AvgIpc) is 2.74. The molecule has 2 aromatic rings. The second-order valence-electron chi connectivity index (χ2n) is 11.4. The van der Waals surface area contributed by atoms with E-state index < -0.39 is 16.6 Å². The molecular formula is C29H44O2Si2. The fraction of sp³-hybridized carbons (Fsp3) is 0.517. The predicted molar refractivity (Wildman–Crippen MR) is 148 cm³/mol. The van der Waals surface area contributed by atoms with Gasteiger partial charge in [-0.05, 0) is 46.9 Å². The summed E-state index contributed by atoms with van der Waals surface area (Å²) in [4.78, 5) is 0. The first-order valence-corrected chi connectivity index (χ1v) is 17.0. The summed E-state index contributed by atoms with van der Waals surface area (Å²) in [6, 6.07) is 21.7. The first kappa shape index (κ1) is 27.6. The van der Waals surface area contributed by atoms with Crippen molar-refractivity contribution in [2.75, 3.05) is 6.61 Å². The molecule has 0 aliphatic heterocycles. The molecular weight excluding hydrogens is 436 g/mol. The Labute approximate surface area is 205 Å². The largest absolute Gasteiger partial charge is 0.417 e. The second-order valence-corrected chi connectivity index (χ2v) is 20.5. The van der Waals surface area contributed by atoms with Gasteiger partial charge in [0.1, 0.15) is 0 Å². The molecule has 0 saturated carbocycles. The van der Waals surface area contributed by atoms with Gasteiger partial charge in [-0.3, -0.25) is 0 Å². The van der Waals surface area contributed by atoms with Crippen LogP contribution in [0.1, 0.15) is 61.3 Å². The zero-order chi connectivity index (χ0) is 24.8. The molecule has 2 nitrogen and oxygen atoms in total. The van der Waals surface area contributed by atoms with Crippen molar-refractivity contribution < 1.29 is 8.85 Å². The van der Waals surface area contributed by atoms with Crippen LogP contribution in [-0.2, 0) is 8.85 Å². The Morgan fingerprint density at radius 1 is 0.788 bits per heavy atom. The first-order valence-electron chi connectivity index (χ1n) is 12.2. The second kappa shape index (κ2) is 11.2. The van der Waals surface area contributed by atoms with Crippen LogP contribution in [0.15, 0.2) is 60.7 Å². The molecule has 0 spiro atoms. The van der Waals surface area contributed by atoms with Crippen molar-refractivity contribution in [3.8, 4) is 11.8 Å². The molecule has 0 heterocycles. The summed E-state index contributed by atoms with van der Waals surface area (Å²) in [7, 11) is -4.41. The van der Waals surface area contributed by atoms with Crippen molar-refractivity contribution in [3.63, 3.8) is 0 Å². The summed E-state index contributed by atoms with van der Waals surface area (Å²) in [5, 5.41) is 2.77. The van der Waals surface area contributed by atoms with E-state index in [2.05, 4.69) is 127 Å². The maximum atomic E-state index is 7.35. The Morgan fingerprint density at radius 2 is 1.27 bits per heavy atom. The lowest BCUT2D eigenvalue weighted by Crippen LogP contribution is -2.67. The van der Waals surface area contributed by atoms with Crippen LogP contribution in [0.4, 0.5) is 0 Å². The van der Waals surface area contributed by atoms with Crippen LogP contribution in [0.5, 0.6) is 0 Å². The van der Waals surface area contributed by atoms with Gasteiger partial charge < -0.3 is 8.85 Å². The fourth-order valence-corrected chi connectivity index (χ4v) is 9.80. The van der Waals surface area contributed by atoms with Gasteiger partial charge in [0, 0.05) is 13.0 Å². The van der Waals surface area contributed by atoms with Crippen LogP contribution in [-0.4, -0.2) is 29.3 Å². The minimum atomic E-state index is -2.61. The van der Waals surface area contributed by atoms with E-state index in [1.54, 1.807) is 0 Å². The van der Waals surface area contributed by atoms with E-state index >= 15 is 0 Å². The molecule has 0 aliphatic carbocycles. The summed E-state index contributed by atoms with van der Waals surface area (Å²) >= 11 is 0. The van der Waals surface area contributed by atoms with Crippen molar-refractivity contribution in [2.24, 2.45) is 0 Å². The van der Waals surface area contributed by atoms with Crippen LogP contribution in [0.2, 0.25) is 23.2 Å². The number of hydrogen-bond acceptors (Lipinski definition) is 2. The van der Waals surface area contributed by atoms with E-state index in [1.165, 1.54) is 10.4 Å². The van der Waals surface area contributed by atoms with Crippen LogP contribution in [0.25, 0.3) is 0 Å². The van der Waals surface area contributed by atoms with Crippen molar-refractivity contribution in [3.05, 3.63) is 60.7 Å². The van der Waals surface area contributed by atoms with Gasteiger partial charge in [0.25, 0.3) is 8.32 Å². The monoisotopic (exact) mass is 480 g/mol. The minimum Gasteiger partial charge on any atom is -0.417 e. The Hall–Kier alpha value is -1.65. The summed E-state index contributed by atoms with van der Waals surface area (Å²) in [5.41, 5.74) is 0. The highest BCUT2D eigenvalue weighted by Gasteiger charge is 2.51. The van der Waals surface area contributed by atoms with E-state index in [9.17, 15) is 0 Å². The quantitative estimate of drug-likeness (QED) is 0.292. The summed E-state index contributed by atoms with van der Waals surface area (Å²) in [6.07, 6.45) is 1.60. The molecule has 0 aromatic heterocycles. The molecule has 180 valence electrons. The summed E-state index contributed by atoms with van der Waals surface area (Å²) in [5.74, 6) is 6.39. The van der Waals surface area contributed by atoms with Gasteiger partial charge in [-0.15, -0.1) is 11.8 Å². The molecule has 0 saturated heterocycles. The molecule has 0 N–H and O–H groups in total. The standard InChI is InChI=1S/C29H44O2Si2/c1-10-11-18-25(23-24-30-32(8,9)28(2,3)4)31-33(29(5,6)7,26-19-14-12-15-20-26)27-21-16-13-17-22-27/h12-17,19-22,25H,18,23-24H2,1-9H3/t25-/m0/s1. The van der Waals surface area contributed by atoms with E-state index in [0.717, 1.165) is 12.8 Å². The van der Waals surface area contributed by atoms with E-state index in [-0.39, 0.29) is 16.2 Å². The minimum absolute atomic E-state index is 0.0218. The molecule has 4 heteroatoms. The molecule has 2 rings (SSSR count). The van der Waals surface area contributed by atoms with E-state index in [0.29, 0.717) is 6.61 Å². The smallest absolute Gasteiger partial charge is 0.261 e. The molecule has 33 heavy (non-hydrogen) atoms. The highest BCUT2D eigenvalue weighted by Crippen LogP contribution is 2.39. The van der Waals surface area contributed by atoms with Crippen molar-refractivity contribution in [1.29, 1.82) is 0 Å². The Balaban J connectivity index is 2.47. The molecule has 0 aliphatic rings. The van der Waals surface area contributed by atoms with Crippen molar-refractivity contribution in [2.45, 2.75) is 90.6 Å². The van der Waals surface area contributed by atoms with E-state index in [4.69, 9.17) is 8.85 Å². The zero-order valence-corrected chi connectivity index (χ0v) is 24.3. The van der Waals surface area contributed by atoms with Crippen molar-refractivity contribution >= 4 is 27.0 Å². The highest BCUT2D eigenvalue weighted by molar-refractivity contribution is 6.99. The third kappa shape index (κ3) is 6.70. The normalized spacial score (nSPS) is 13.8. The molecule has 0 radical (unpaired) electrons. The third-order valence-electron chi connectivity index (χ3n) is 6.98. The highest BCUT2D eigenvalue weighted by atomic mass is 28.4. The number of benzene rings is 2. The lowest BCUT2D eigenvalue weighted by molar-refractivity contribution is 0.150. The van der Waals surface area contributed by atoms with Crippen LogP contribution in [0.3, 0.4) is 0 Å². The first-order chi connectivity index (χ1) is 15.3. The van der Waals surface area contributed by atoms with Crippen LogP contribution >= 0.6 is 0 Å². The number of hydrogen-bond donors (Lipinski definition) is 0. The van der Waals surface area contributed by atoms with E-state index in [1.807, 2.05) is 6.92 Å². The maximum absolute atomic E-state index is 7.35. The SMILES string of the molecule is CC#CC[C@@H](CCO[Si](C)(C)C(C)(C)C)O[Si](c1ccccc1)(c1ccccc1)C(C)(C)C. The third-order valence-corrected chi connectivity index (χ3v) is 16.6. The molecule has 0 bridgehead atoms. The number of rotatable bonds is 9. The van der Waals surface area contributed by atoms with Gasteiger partial charge in [0.05, 0.1) is 6.10 Å². The topological polar surface area (TPSA) is 18.5 Å². The lowest BCUT2D eigenvalue weighted by Gasteiger charge is -2.45. The fourth-order valence-electron chi connectivity index (χ4n) is 4.02. The Bertz CT molecular complexity index is 874. The predicted octanol–water partition coefficient (Wildman–Crippen LogP) is 6.76. The lowest BCUT2D eigenvalue weighted by atomic mass is 10.2. The average molecular weight is 481 g/mol. The van der Waals surface area contributed by atoms with Gasteiger partial charge in [0.15, 0.2) is 8.32 Å². The Morgan fingerprint density at radius 3 is 1.67 bits per heavy atom. The summed E-state index contributed by atoms with van der Waals surface area (Å²) < 4.78 is 13.9. The zero-order valence-electron chi connectivity index (χ0n) is 22.3. The molecule has 1 atom stereocenters. The molecule has 0 fully saturated rings. The van der Waals surface area contributed by atoms with Gasteiger partial charge >= 0.3 is 0 Å². The van der Waals surface area contributed by atoms with Gasteiger partial charge in [-0.2, -0.15) is 0 Å². The molecule has 0 unspecified atom stereocenters. The molecule has 2 aromatic carbocycles. The van der Waals surface area contributed by atoms with Crippen molar-refractivity contribution in [1.82, 2.24) is 0 Å². The maximum Gasteiger partial charge on any atom is 0.261 e. The van der Waals surface area contributed by atoms with Crippen LogP contribution < -0.4 is 10.4 Å². The van der Waals surface area contributed by atoms with Crippen LogP contribution in [0, 0.1) is 11.8 Å².